The molecule has 0 amide bonds. The zero-order chi connectivity index (χ0) is 12.8. The number of benzene rings is 2. The van der Waals surface area contributed by atoms with Crippen LogP contribution < -0.4 is 0 Å². The number of hydrogen-bond acceptors (Lipinski definition) is 1. The van der Waals surface area contributed by atoms with Crippen LogP contribution in [-0.2, 0) is 0 Å². The monoisotopic (exact) mass is 236 g/mol. The van der Waals surface area contributed by atoms with Gasteiger partial charge in [-0.1, -0.05) is 67.6 Å². The number of allylic oxidation sites excluding steroid dienone is 1. The number of hydrogen-bond donors (Lipinski definition) is 0. The zero-order valence-electron chi connectivity index (χ0n) is 10.5. The Kier molecular flexibility index (Phi) is 4.08. The third-order valence-corrected chi connectivity index (χ3v) is 2.94. The molecule has 0 spiro atoms. The van der Waals surface area contributed by atoms with E-state index in [0.717, 1.165) is 18.3 Å². The summed E-state index contributed by atoms with van der Waals surface area (Å²) < 4.78 is 0. The molecule has 0 saturated carbocycles. The van der Waals surface area contributed by atoms with Crippen LogP contribution in [0.5, 0.6) is 0 Å². The van der Waals surface area contributed by atoms with Crippen molar-refractivity contribution in [3.05, 3.63) is 71.3 Å². The molecular weight excluding hydrogens is 220 g/mol. The molecule has 2 rings (SSSR count). The van der Waals surface area contributed by atoms with Crippen LogP contribution in [0.1, 0.15) is 34.8 Å². The van der Waals surface area contributed by atoms with Crippen LogP contribution in [0, 0.1) is 0 Å². The first-order valence-corrected chi connectivity index (χ1v) is 6.14. The van der Waals surface area contributed by atoms with Crippen LogP contribution in [0.15, 0.2) is 54.6 Å². The first kappa shape index (κ1) is 12.3. The Hall–Kier alpha value is -2.15. The first-order chi connectivity index (χ1) is 8.83. The Morgan fingerprint density at radius 3 is 2.11 bits per heavy atom. The van der Waals surface area contributed by atoms with Crippen molar-refractivity contribution >= 4 is 17.9 Å². The minimum absolute atomic E-state index is 0.713. The van der Waals surface area contributed by atoms with Crippen LogP contribution in [-0.4, -0.2) is 6.29 Å². The lowest BCUT2D eigenvalue weighted by molar-refractivity contribution is 0.112. The highest BCUT2D eigenvalue weighted by Gasteiger charge is 1.99. The first-order valence-electron chi connectivity index (χ1n) is 6.14. The molecule has 1 heteroatoms. The molecule has 0 fully saturated rings. The summed E-state index contributed by atoms with van der Waals surface area (Å²) in [5, 5.41) is 0. The van der Waals surface area contributed by atoms with E-state index in [1.54, 1.807) is 0 Å². The van der Waals surface area contributed by atoms with Gasteiger partial charge >= 0.3 is 0 Å². The fourth-order valence-corrected chi connectivity index (χ4v) is 1.91. The van der Waals surface area contributed by atoms with E-state index in [9.17, 15) is 4.79 Å². The van der Waals surface area contributed by atoms with E-state index in [0.29, 0.717) is 5.56 Å². The molecule has 0 radical (unpaired) electrons. The Morgan fingerprint density at radius 2 is 1.56 bits per heavy atom. The maximum absolute atomic E-state index is 10.6. The predicted octanol–water partition coefficient (Wildman–Crippen LogP) is 4.45. The van der Waals surface area contributed by atoms with Crippen molar-refractivity contribution < 1.29 is 4.79 Å². The van der Waals surface area contributed by atoms with E-state index in [2.05, 4.69) is 25.1 Å². The fraction of sp³-hybridized carbons (Fsp3) is 0.118. The van der Waals surface area contributed by atoms with Crippen molar-refractivity contribution in [2.45, 2.75) is 13.3 Å². The fourth-order valence-electron chi connectivity index (χ4n) is 1.91. The maximum atomic E-state index is 10.6. The molecule has 0 N–H and O–H groups in total. The number of carbonyl (C=O) groups is 1. The summed E-state index contributed by atoms with van der Waals surface area (Å²) in [6, 6.07) is 18.0. The van der Waals surface area contributed by atoms with E-state index in [1.807, 2.05) is 42.5 Å². The summed E-state index contributed by atoms with van der Waals surface area (Å²) in [7, 11) is 0. The van der Waals surface area contributed by atoms with Gasteiger partial charge in [-0.15, -0.1) is 0 Å². The van der Waals surface area contributed by atoms with Crippen LogP contribution in [0.2, 0.25) is 0 Å². The number of rotatable bonds is 4. The highest BCUT2D eigenvalue weighted by Crippen LogP contribution is 2.21. The van der Waals surface area contributed by atoms with Gasteiger partial charge in [-0.3, -0.25) is 4.79 Å². The van der Waals surface area contributed by atoms with Crippen LogP contribution in [0.25, 0.3) is 11.6 Å². The largest absolute Gasteiger partial charge is 0.298 e. The van der Waals surface area contributed by atoms with Crippen LogP contribution in [0.4, 0.5) is 0 Å². The Morgan fingerprint density at radius 1 is 0.944 bits per heavy atom. The van der Waals surface area contributed by atoms with Gasteiger partial charge in [0.2, 0.25) is 0 Å². The van der Waals surface area contributed by atoms with Crippen molar-refractivity contribution in [1.82, 2.24) is 0 Å². The lowest BCUT2D eigenvalue weighted by atomic mass is 10.0. The van der Waals surface area contributed by atoms with E-state index < -0.39 is 0 Å². The summed E-state index contributed by atoms with van der Waals surface area (Å²) in [5.41, 5.74) is 4.39. The van der Waals surface area contributed by atoms with E-state index in [-0.39, 0.29) is 0 Å². The average molecular weight is 236 g/mol. The van der Waals surface area contributed by atoms with Crippen molar-refractivity contribution in [3.8, 4) is 0 Å². The molecule has 0 aliphatic heterocycles. The van der Waals surface area contributed by atoms with Gasteiger partial charge in [0.15, 0.2) is 0 Å². The molecule has 0 aromatic heterocycles. The average Bonchev–Trinajstić information content (AvgIpc) is 2.46. The second kappa shape index (κ2) is 5.97. The second-order valence-electron chi connectivity index (χ2n) is 4.17. The van der Waals surface area contributed by atoms with Gasteiger partial charge in [-0.2, -0.15) is 0 Å². The summed E-state index contributed by atoms with van der Waals surface area (Å²) in [6.07, 6.45) is 4.02. The van der Waals surface area contributed by atoms with Crippen molar-refractivity contribution in [2.24, 2.45) is 0 Å². The molecule has 18 heavy (non-hydrogen) atoms. The molecule has 90 valence electrons. The second-order valence-corrected chi connectivity index (χ2v) is 4.17. The molecule has 0 aliphatic carbocycles. The Labute approximate surface area is 108 Å². The standard InChI is InChI=1S/C17H16O/c1-2-16(17-6-4-3-5-7-17)12-14-8-10-15(13-18)11-9-14/h3-13H,2H2,1H3/b16-12-. The van der Waals surface area contributed by atoms with E-state index >= 15 is 0 Å². The third-order valence-electron chi connectivity index (χ3n) is 2.94. The van der Waals surface area contributed by atoms with Gasteiger partial charge in [0.1, 0.15) is 6.29 Å². The molecule has 0 heterocycles. The quantitative estimate of drug-likeness (QED) is 0.566. The van der Waals surface area contributed by atoms with Crippen LogP contribution in [0.3, 0.4) is 0 Å². The van der Waals surface area contributed by atoms with E-state index in [4.69, 9.17) is 0 Å². The molecular formula is C17H16O. The van der Waals surface area contributed by atoms with Crippen molar-refractivity contribution in [1.29, 1.82) is 0 Å². The third kappa shape index (κ3) is 2.95. The van der Waals surface area contributed by atoms with Gasteiger partial charge in [0.05, 0.1) is 0 Å². The lowest BCUT2D eigenvalue weighted by Crippen LogP contribution is -1.84. The minimum Gasteiger partial charge on any atom is -0.298 e. The lowest BCUT2D eigenvalue weighted by Gasteiger charge is -2.05. The van der Waals surface area contributed by atoms with Crippen molar-refractivity contribution in [3.63, 3.8) is 0 Å². The molecule has 1 nitrogen and oxygen atoms in total. The molecule has 2 aromatic rings. The minimum atomic E-state index is 0.713. The van der Waals surface area contributed by atoms with Gasteiger partial charge in [0, 0.05) is 5.56 Å². The molecule has 2 aromatic carbocycles. The van der Waals surface area contributed by atoms with Gasteiger partial charge in [-0.05, 0) is 23.1 Å². The highest BCUT2D eigenvalue weighted by atomic mass is 16.1. The summed E-state index contributed by atoms with van der Waals surface area (Å²) >= 11 is 0. The molecule has 0 saturated heterocycles. The Balaban J connectivity index is 2.31. The van der Waals surface area contributed by atoms with Gasteiger partial charge < -0.3 is 0 Å². The summed E-state index contributed by atoms with van der Waals surface area (Å²) in [4.78, 5) is 10.6. The summed E-state index contributed by atoms with van der Waals surface area (Å²) in [5.74, 6) is 0. The van der Waals surface area contributed by atoms with E-state index in [1.165, 1.54) is 11.1 Å². The SMILES string of the molecule is CC/C(=C/c1ccc(C=O)cc1)c1ccccc1. The zero-order valence-corrected chi connectivity index (χ0v) is 10.5. The molecule has 0 unspecified atom stereocenters. The van der Waals surface area contributed by atoms with Gasteiger partial charge in [-0.25, -0.2) is 0 Å². The van der Waals surface area contributed by atoms with Crippen LogP contribution >= 0.6 is 0 Å². The highest BCUT2D eigenvalue weighted by molar-refractivity contribution is 5.82. The molecule has 0 aliphatic rings. The normalized spacial score (nSPS) is 11.3. The predicted molar refractivity (Wildman–Crippen MR) is 76.4 cm³/mol. The molecule has 0 bridgehead atoms. The Bertz CT molecular complexity index is 536. The summed E-state index contributed by atoms with van der Waals surface area (Å²) in [6.45, 7) is 2.15. The smallest absolute Gasteiger partial charge is 0.150 e. The van der Waals surface area contributed by atoms with Crippen molar-refractivity contribution in [2.75, 3.05) is 0 Å². The molecule has 0 atom stereocenters. The topological polar surface area (TPSA) is 17.1 Å². The van der Waals surface area contributed by atoms with Gasteiger partial charge in [0.25, 0.3) is 0 Å². The maximum Gasteiger partial charge on any atom is 0.150 e. The number of carbonyl (C=O) groups excluding carboxylic acids is 1. The number of aldehydes is 1.